The maximum atomic E-state index is 13.4. The summed E-state index contributed by atoms with van der Waals surface area (Å²) in [4.78, 5) is 17.7. The maximum Gasteiger partial charge on any atom is 0.244 e. The first-order valence-electron chi connectivity index (χ1n) is 10.6. The van der Waals surface area contributed by atoms with Gasteiger partial charge in [0.2, 0.25) is 5.91 Å². The van der Waals surface area contributed by atoms with E-state index in [1.54, 1.807) is 0 Å². The molecule has 3 aromatic carbocycles. The summed E-state index contributed by atoms with van der Waals surface area (Å²) in [6, 6.07) is 26.5. The Balaban J connectivity index is 1.69. The zero-order valence-electron chi connectivity index (χ0n) is 17.8. The molecule has 1 amide bonds. The predicted octanol–water partition coefficient (Wildman–Crippen LogP) is 5.89. The standard InChI is InChI=1S/C27H25ClN2O/c1-26(2)22-13-7-9-15-24(22)29-19-25(31)30(18-20-10-4-3-5-11-20)27(26,29)17-16-21-12-6-8-14-23(21)28/h3-17H,18-19H2,1-2H3/b17-16+/t27-/m0/s1. The van der Waals surface area contributed by atoms with Crippen LogP contribution in [0.4, 0.5) is 5.69 Å². The van der Waals surface area contributed by atoms with Crippen molar-refractivity contribution >= 4 is 29.3 Å². The molecular formula is C27H25ClN2O. The van der Waals surface area contributed by atoms with Crippen molar-refractivity contribution in [2.45, 2.75) is 31.5 Å². The molecule has 3 aromatic rings. The Hall–Kier alpha value is -3.04. The molecule has 0 aromatic heterocycles. The molecule has 31 heavy (non-hydrogen) atoms. The van der Waals surface area contributed by atoms with Gasteiger partial charge in [0.25, 0.3) is 0 Å². The van der Waals surface area contributed by atoms with E-state index in [0.717, 1.165) is 16.8 Å². The summed E-state index contributed by atoms with van der Waals surface area (Å²) in [5, 5.41) is 0.703. The summed E-state index contributed by atoms with van der Waals surface area (Å²) in [6.45, 7) is 5.39. The molecule has 1 saturated heterocycles. The maximum absolute atomic E-state index is 13.4. The van der Waals surface area contributed by atoms with Crippen molar-refractivity contribution in [3.8, 4) is 0 Å². The smallest absolute Gasteiger partial charge is 0.244 e. The molecule has 0 spiro atoms. The van der Waals surface area contributed by atoms with Crippen molar-refractivity contribution in [2.24, 2.45) is 0 Å². The average Bonchev–Trinajstić information content (AvgIpc) is 3.16. The molecule has 1 atom stereocenters. The molecule has 3 nitrogen and oxygen atoms in total. The number of rotatable bonds is 4. The first-order valence-corrected chi connectivity index (χ1v) is 11.0. The molecule has 0 unspecified atom stereocenters. The van der Waals surface area contributed by atoms with E-state index in [-0.39, 0.29) is 11.3 Å². The molecule has 2 aliphatic heterocycles. The molecular weight excluding hydrogens is 404 g/mol. The molecule has 0 radical (unpaired) electrons. The van der Waals surface area contributed by atoms with E-state index in [4.69, 9.17) is 11.6 Å². The number of anilines is 1. The highest BCUT2D eigenvalue weighted by atomic mass is 35.5. The number of amides is 1. The Morgan fingerprint density at radius 3 is 2.39 bits per heavy atom. The molecule has 5 rings (SSSR count). The van der Waals surface area contributed by atoms with Crippen LogP contribution < -0.4 is 4.90 Å². The van der Waals surface area contributed by atoms with Crippen LogP contribution in [0.25, 0.3) is 6.08 Å². The lowest BCUT2D eigenvalue weighted by Gasteiger charge is -2.46. The number of para-hydroxylation sites is 1. The van der Waals surface area contributed by atoms with Crippen LogP contribution in [0.3, 0.4) is 0 Å². The highest BCUT2D eigenvalue weighted by Crippen LogP contribution is 2.56. The molecule has 0 N–H and O–H groups in total. The number of nitrogens with zero attached hydrogens (tertiary/aromatic N) is 2. The first-order chi connectivity index (χ1) is 14.9. The number of carbonyl (C=O) groups is 1. The highest BCUT2D eigenvalue weighted by Gasteiger charge is 2.63. The SMILES string of the molecule is CC1(C)c2ccccc2N2CC(=O)N(Cc3ccccc3)[C@]21/C=C/c1ccccc1Cl. The van der Waals surface area contributed by atoms with Crippen LogP contribution in [-0.2, 0) is 16.8 Å². The minimum atomic E-state index is -0.622. The third kappa shape index (κ3) is 2.91. The van der Waals surface area contributed by atoms with Crippen LogP contribution in [0, 0.1) is 0 Å². The van der Waals surface area contributed by atoms with Crippen molar-refractivity contribution in [3.63, 3.8) is 0 Å². The van der Waals surface area contributed by atoms with E-state index in [1.165, 1.54) is 5.56 Å². The van der Waals surface area contributed by atoms with Gasteiger partial charge in [-0.15, -0.1) is 0 Å². The quantitative estimate of drug-likeness (QED) is 0.517. The minimum absolute atomic E-state index is 0.134. The number of fused-ring (bicyclic) bond motifs is 3. The number of hydrogen-bond donors (Lipinski definition) is 0. The fourth-order valence-corrected chi connectivity index (χ4v) is 5.43. The number of halogens is 1. The van der Waals surface area contributed by atoms with E-state index < -0.39 is 5.66 Å². The summed E-state index contributed by atoms with van der Waals surface area (Å²) in [5.41, 5.74) is 3.51. The van der Waals surface area contributed by atoms with Crippen LogP contribution in [0.2, 0.25) is 5.02 Å². The predicted molar refractivity (Wildman–Crippen MR) is 127 cm³/mol. The molecule has 0 bridgehead atoms. The van der Waals surface area contributed by atoms with Gasteiger partial charge in [-0.1, -0.05) is 98.3 Å². The van der Waals surface area contributed by atoms with Crippen molar-refractivity contribution in [3.05, 3.63) is 107 Å². The summed E-state index contributed by atoms with van der Waals surface area (Å²) in [7, 11) is 0. The normalized spacial score (nSPS) is 21.6. The van der Waals surface area contributed by atoms with E-state index in [0.29, 0.717) is 18.1 Å². The topological polar surface area (TPSA) is 23.6 Å². The van der Waals surface area contributed by atoms with Gasteiger partial charge in [0.05, 0.1) is 6.54 Å². The van der Waals surface area contributed by atoms with Crippen LogP contribution in [0.15, 0.2) is 84.9 Å². The zero-order valence-corrected chi connectivity index (χ0v) is 18.5. The summed E-state index contributed by atoms with van der Waals surface area (Å²) < 4.78 is 0. The Kier molecular flexibility index (Phi) is 4.67. The molecule has 1 fully saturated rings. The monoisotopic (exact) mass is 428 g/mol. The van der Waals surface area contributed by atoms with Crippen LogP contribution in [-0.4, -0.2) is 23.0 Å². The fourth-order valence-electron chi connectivity index (χ4n) is 5.24. The number of carbonyl (C=O) groups excluding carboxylic acids is 1. The van der Waals surface area contributed by atoms with Crippen LogP contribution in [0.5, 0.6) is 0 Å². The van der Waals surface area contributed by atoms with Gasteiger partial charge in [0.15, 0.2) is 0 Å². The first kappa shape index (κ1) is 19.9. The molecule has 2 heterocycles. The van der Waals surface area contributed by atoms with E-state index in [1.807, 2.05) is 53.4 Å². The van der Waals surface area contributed by atoms with E-state index in [9.17, 15) is 4.79 Å². The van der Waals surface area contributed by atoms with Gasteiger partial charge in [-0.05, 0) is 34.9 Å². The average molecular weight is 429 g/mol. The lowest BCUT2D eigenvalue weighted by molar-refractivity contribution is -0.131. The Bertz CT molecular complexity index is 1170. The summed E-state index contributed by atoms with van der Waals surface area (Å²) >= 11 is 6.46. The second kappa shape index (κ2) is 7.28. The van der Waals surface area contributed by atoms with Gasteiger partial charge < -0.3 is 9.80 Å². The lowest BCUT2D eigenvalue weighted by Crippen LogP contribution is -2.60. The van der Waals surface area contributed by atoms with Crippen LogP contribution >= 0.6 is 11.6 Å². The third-order valence-electron chi connectivity index (χ3n) is 6.79. The van der Waals surface area contributed by atoms with Gasteiger partial charge in [0.1, 0.15) is 5.66 Å². The van der Waals surface area contributed by atoms with Crippen molar-refractivity contribution in [2.75, 3.05) is 11.4 Å². The van der Waals surface area contributed by atoms with E-state index in [2.05, 4.69) is 61.2 Å². The molecule has 156 valence electrons. The minimum Gasteiger partial charge on any atom is -0.335 e. The van der Waals surface area contributed by atoms with E-state index >= 15 is 0 Å². The Morgan fingerprint density at radius 2 is 1.61 bits per heavy atom. The summed E-state index contributed by atoms with van der Waals surface area (Å²) in [5.74, 6) is 0.134. The van der Waals surface area contributed by atoms with Crippen molar-refractivity contribution in [1.29, 1.82) is 0 Å². The van der Waals surface area contributed by atoms with Crippen molar-refractivity contribution in [1.82, 2.24) is 4.90 Å². The molecule has 2 aliphatic rings. The molecule has 0 aliphatic carbocycles. The number of benzene rings is 3. The second-order valence-electron chi connectivity index (χ2n) is 8.77. The number of hydrogen-bond acceptors (Lipinski definition) is 2. The van der Waals surface area contributed by atoms with Gasteiger partial charge in [-0.3, -0.25) is 4.79 Å². The second-order valence-corrected chi connectivity index (χ2v) is 9.18. The largest absolute Gasteiger partial charge is 0.335 e. The van der Waals surface area contributed by atoms with Gasteiger partial charge in [0, 0.05) is 22.7 Å². The fraction of sp³-hybridized carbons (Fsp3) is 0.222. The Labute approximate surface area is 188 Å². The van der Waals surface area contributed by atoms with Crippen LogP contribution in [0.1, 0.15) is 30.5 Å². The Morgan fingerprint density at radius 1 is 0.935 bits per heavy atom. The molecule has 0 saturated carbocycles. The highest BCUT2D eigenvalue weighted by molar-refractivity contribution is 6.32. The van der Waals surface area contributed by atoms with Crippen molar-refractivity contribution < 1.29 is 4.79 Å². The van der Waals surface area contributed by atoms with Gasteiger partial charge in [-0.25, -0.2) is 0 Å². The van der Waals surface area contributed by atoms with Gasteiger partial charge in [-0.2, -0.15) is 0 Å². The van der Waals surface area contributed by atoms with Gasteiger partial charge >= 0.3 is 0 Å². The third-order valence-corrected chi connectivity index (χ3v) is 7.13. The molecule has 4 heteroatoms. The lowest BCUT2D eigenvalue weighted by atomic mass is 9.74. The zero-order chi connectivity index (χ0) is 21.6. The summed E-state index contributed by atoms with van der Waals surface area (Å²) in [6.07, 6.45) is 4.25.